The normalized spacial score (nSPS) is 26.5. The third kappa shape index (κ3) is 12.4. The van der Waals surface area contributed by atoms with Crippen LogP contribution >= 0.6 is 0 Å². The molecule has 2 fully saturated rings. The highest BCUT2D eigenvalue weighted by Gasteiger charge is 2.64. The van der Waals surface area contributed by atoms with Crippen molar-refractivity contribution >= 4 is 47.9 Å². The van der Waals surface area contributed by atoms with E-state index in [1.165, 1.54) is 0 Å². The molecule has 0 aromatic heterocycles. The van der Waals surface area contributed by atoms with Crippen LogP contribution in [0.3, 0.4) is 0 Å². The number of hydrogen-bond acceptors (Lipinski definition) is 22. The summed E-state index contributed by atoms with van der Waals surface area (Å²) in [6, 6.07) is -3.40. The van der Waals surface area contributed by atoms with Gasteiger partial charge in [-0.1, -0.05) is 0 Å². The minimum absolute atomic E-state index is 0.288. The molecule has 2 aliphatic rings. The summed E-state index contributed by atoms with van der Waals surface area (Å²) in [4.78, 5) is 133. The molecule has 2 heterocycles. The monoisotopic (exact) mass is 807 g/mol. The fourth-order valence-corrected chi connectivity index (χ4v) is 5.28. The van der Waals surface area contributed by atoms with Gasteiger partial charge in [0.25, 0.3) is 0 Å². The Bertz CT molecular complexity index is 1540. The maximum atomic E-state index is 12.8. The van der Waals surface area contributed by atoms with Crippen LogP contribution in [0.1, 0.15) is 34.6 Å². The molecule has 2 saturated heterocycles. The number of amides is 6. The second-order valence-electron chi connectivity index (χ2n) is 11.8. The van der Waals surface area contributed by atoms with Gasteiger partial charge in [-0.2, -0.15) is 15.0 Å². The number of carbonyl (C=O) groups excluding carboxylic acids is 8. The third-order valence-corrected chi connectivity index (χ3v) is 7.50. The van der Waals surface area contributed by atoms with E-state index in [-0.39, 0.29) is 5.01 Å². The van der Waals surface area contributed by atoms with Crippen LogP contribution in [-0.4, -0.2) is 159 Å². The Labute approximate surface area is 316 Å². The van der Waals surface area contributed by atoms with E-state index in [0.717, 1.165) is 55.8 Å². The Kier molecular flexibility index (Phi) is 16.8. The Morgan fingerprint density at radius 3 is 1.39 bits per heavy atom. The van der Waals surface area contributed by atoms with Gasteiger partial charge in [-0.05, 0) is 0 Å². The van der Waals surface area contributed by atoms with Gasteiger partial charge in [0, 0.05) is 68.9 Å². The van der Waals surface area contributed by atoms with E-state index in [1.807, 2.05) is 0 Å². The quantitative estimate of drug-likeness (QED) is 0.0687. The number of ether oxygens (including phenoxy) is 8. The summed E-state index contributed by atoms with van der Waals surface area (Å²) >= 11 is 0. The lowest BCUT2D eigenvalue weighted by molar-refractivity contribution is -0.373. The average molecular weight is 808 g/mol. The highest BCUT2D eigenvalue weighted by Crippen LogP contribution is 2.40. The molecule has 0 aliphatic carbocycles. The van der Waals surface area contributed by atoms with Crippen molar-refractivity contribution in [2.75, 3.05) is 40.8 Å². The largest absolute Gasteiger partial charge is 0.456 e. The molecule has 56 heavy (non-hydrogen) atoms. The Hall–Kier alpha value is -6.16. The summed E-state index contributed by atoms with van der Waals surface area (Å²) in [6.45, 7) is 2.39. The Morgan fingerprint density at radius 1 is 0.554 bits per heavy atom. The van der Waals surface area contributed by atoms with Gasteiger partial charge in [0.15, 0.2) is 30.5 Å². The fraction of sp³-hybridized carbons (Fsp3) is 0.714. The lowest BCUT2D eigenvalue weighted by Crippen LogP contribution is -2.67. The summed E-state index contributed by atoms with van der Waals surface area (Å²) < 4.78 is 45.6. The van der Waals surface area contributed by atoms with Crippen molar-refractivity contribution in [3.05, 3.63) is 14.7 Å². The van der Waals surface area contributed by atoms with Crippen LogP contribution < -0.4 is 16.0 Å². The molecule has 0 bridgehead atoms. The van der Waals surface area contributed by atoms with Crippen molar-refractivity contribution in [1.29, 1.82) is 0 Å². The molecule has 3 N–H and O–H groups in total. The lowest BCUT2D eigenvalue weighted by Gasteiger charge is -2.47. The number of carbonyl (C=O) groups is 8. The van der Waals surface area contributed by atoms with Crippen LogP contribution in [0.2, 0.25) is 0 Å². The first-order valence-electron chi connectivity index (χ1n) is 16.1. The molecular weight excluding hydrogens is 766 g/mol. The highest BCUT2D eigenvalue weighted by molar-refractivity contribution is 5.74. The zero-order valence-electron chi connectivity index (χ0n) is 31.2. The third-order valence-electron chi connectivity index (χ3n) is 7.50. The minimum atomic E-state index is -2.68. The first kappa shape index (κ1) is 46.0. The smallest absolute Gasteiger partial charge is 0.340 e. The van der Waals surface area contributed by atoms with Gasteiger partial charge in [-0.25, -0.2) is 14.4 Å². The van der Waals surface area contributed by atoms with Gasteiger partial charge in [-0.3, -0.25) is 24.0 Å². The number of urea groups is 3. The molecule has 0 saturated carbocycles. The molecular formula is C28H41N9O19. The van der Waals surface area contributed by atoms with Crippen molar-refractivity contribution in [1.82, 2.24) is 31.0 Å². The summed E-state index contributed by atoms with van der Waals surface area (Å²) in [5.74, 6) is -7.82. The van der Waals surface area contributed by atoms with Crippen LogP contribution in [0.4, 0.5) is 14.4 Å². The Morgan fingerprint density at radius 2 is 0.946 bits per heavy atom. The van der Waals surface area contributed by atoms with Crippen molar-refractivity contribution in [2.24, 2.45) is 15.9 Å². The van der Waals surface area contributed by atoms with Gasteiger partial charge in [-0.15, -0.1) is 14.7 Å². The van der Waals surface area contributed by atoms with Gasteiger partial charge < -0.3 is 53.8 Å². The molecule has 28 heteroatoms. The van der Waals surface area contributed by atoms with E-state index < -0.39 is 122 Å². The highest BCUT2D eigenvalue weighted by atomic mass is 16.8. The van der Waals surface area contributed by atoms with E-state index in [0.29, 0.717) is 10.0 Å². The summed E-state index contributed by atoms with van der Waals surface area (Å²) in [5.41, 5.74) is 0. The van der Waals surface area contributed by atoms with Crippen molar-refractivity contribution < 1.29 is 76.3 Å². The summed E-state index contributed by atoms with van der Waals surface area (Å²) in [7, 11) is 2.93. The number of esters is 5. The summed E-state index contributed by atoms with van der Waals surface area (Å²) in [6.07, 6.45) is -14.5. The zero-order valence-corrected chi connectivity index (χ0v) is 31.2. The van der Waals surface area contributed by atoms with E-state index >= 15 is 0 Å². The number of rotatable bonds is 16. The number of nitrogens with zero attached hydrogens (tertiary/aromatic N) is 6. The van der Waals surface area contributed by atoms with E-state index in [2.05, 4.69) is 31.8 Å². The van der Waals surface area contributed by atoms with Crippen LogP contribution in [0, 0.1) is 14.7 Å². The van der Waals surface area contributed by atoms with Gasteiger partial charge >= 0.3 is 47.9 Å². The molecule has 9 atom stereocenters. The average Bonchev–Trinajstić information content (AvgIpc) is 3.39. The van der Waals surface area contributed by atoms with Crippen LogP contribution in [-0.2, 0) is 61.9 Å². The Balaban J connectivity index is 2.88. The second kappa shape index (κ2) is 20.5. The predicted molar refractivity (Wildman–Crippen MR) is 176 cm³/mol. The summed E-state index contributed by atoms with van der Waals surface area (Å²) in [5, 5.41) is 15.1. The molecule has 312 valence electrons. The van der Waals surface area contributed by atoms with Crippen molar-refractivity contribution in [3.63, 3.8) is 0 Å². The van der Waals surface area contributed by atoms with Crippen molar-refractivity contribution in [2.45, 2.75) is 89.4 Å². The van der Waals surface area contributed by atoms with Crippen LogP contribution in [0.25, 0.3) is 0 Å². The van der Waals surface area contributed by atoms with Gasteiger partial charge in [0.05, 0.1) is 22.4 Å². The minimum Gasteiger partial charge on any atom is -0.456 e. The predicted octanol–water partition coefficient (Wildman–Crippen LogP) is -1.55. The number of hydrogen-bond donors (Lipinski definition) is 3. The molecule has 6 amide bonds. The number of nitroso groups, excluding NO2 is 3. The fourth-order valence-electron chi connectivity index (χ4n) is 5.28. The topological polar surface area (TPSA) is 344 Å². The second-order valence-corrected chi connectivity index (χ2v) is 11.8. The molecule has 28 nitrogen and oxygen atoms in total. The van der Waals surface area contributed by atoms with E-state index in [4.69, 9.17) is 37.9 Å². The molecule has 0 aromatic carbocycles. The SMILES string of the molecule is CC(=O)O[C@@H]1[C@@H](OC(C)=O)[C@@H](O[C@]2(CNC(=O)N(C)N=O)O[C@H](CNC(=O)N(C)N=O)[C@H](OC(C)=O)[C@@H]2OC(C)=O)O[C@@H](CNC(=O)N(C)N=O)[C@H]1OC(C)=O. The molecule has 0 unspecified atom stereocenters. The van der Waals surface area contributed by atoms with E-state index in [1.54, 1.807) is 0 Å². The zero-order chi connectivity index (χ0) is 42.5. The van der Waals surface area contributed by atoms with E-state index in [9.17, 15) is 53.1 Å². The first-order valence-corrected chi connectivity index (χ1v) is 16.1. The van der Waals surface area contributed by atoms with Crippen LogP contribution in [0.5, 0.6) is 0 Å². The first-order chi connectivity index (χ1) is 26.2. The van der Waals surface area contributed by atoms with Crippen LogP contribution in [0.15, 0.2) is 15.9 Å². The molecule has 2 aliphatic heterocycles. The molecule has 0 aromatic rings. The van der Waals surface area contributed by atoms with Crippen molar-refractivity contribution in [3.8, 4) is 0 Å². The maximum Gasteiger partial charge on any atom is 0.340 e. The maximum absolute atomic E-state index is 12.8. The molecule has 2 rings (SSSR count). The molecule has 0 spiro atoms. The lowest BCUT2D eigenvalue weighted by atomic mass is 9.97. The standard InChI is InChI=1S/C28H41N9O19/c1-12(38)49-19-17(9-29-25(43)35(6)32-46)54-24(22(52-15(4)41)21(19)51-14(3)40)56-28(11-31-27(45)37(8)34-48)23(53-16(5)42)20(50-13(2)39)18(55-28)10-30-26(44)36(7)33-47/h17-24H,9-11H2,1-8H3,(H,29,43)(H,30,44)(H,31,45)/t17-,18+,19+,20-,21-,22+,23-,24+,28-/m0/s1. The molecule has 0 radical (unpaired) electrons. The van der Waals surface area contributed by atoms with Gasteiger partial charge in [0.1, 0.15) is 12.2 Å². The van der Waals surface area contributed by atoms with Gasteiger partial charge in [0.2, 0.25) is 12.1 Å². The number of nitrogens with one attached hydrogen (secondary N) is 3.